The third-order valence-electron chi connectivity index (χ3n) is 4.43. The monoisotopic (exact) mass is 300 g/mol. The van der Waals surface area contributed by atoms with E-state index >= 15 is 0 Å². The molecule has 1 N–H and O–H groups in total. The van der Waals surface area contributed by atoms with Crippen LogP contribution in [0.2, 0.25) is 0 Å². The first-order chi connectivity index (χ1) is 11.4. The molecular formula is C21H20N2. The van der Waals surface area contributed by atoms with Crippen LogP contribution in [0, 0.1) is 0 Å². The maximum atomic E-state index is 4.64. The highest BCUT2D eigenvalue weighted by molar-refractivity contribution is 5.80. The molecule has 4 rings (SSSR count). The molecular weight excluding hydrogens is 280 g/mol. The number of benzene rings is 1. The van der Waals surface area contributed by atoms with Crippen LogP contribution in [-0.2, 0) is 0 Å². The summed E-state index contributed by atoms with van der Waals surface area (Å²) in [5, 5.41) is 3.62. The molecule has 2 nitrogen and oxygen atoms in total. The van der Waals surface area contributed by atoms with E-state index in [2.05, 4.69) is 52.8 Å². The Morgan fingerprint density at radius 2 is 1.87 bits per heavy atom. The molecule has 2 heteroatoms. The van der Waals surface area contributed by atoms with Gasteiger partial charge in [0.2, 0.25) is 0 Å². The molecule has 0 amide bonds. The van der Waals surface area contributed by atoms with Gasteiger partial charge in [-0.1, -0.05) is 36.4 Å². The predicted octanol–water partition coefficient (Wildman–Crippen LogP) is 4.80. The highest BCUT2D eigenvalue weighted by Gasteiger charge is 2.19. The van der Waals surface area contributed by atoms with Gasteiger partial charge >= 0.3 is 0 Å². The van der Waals surface area contributed by atoms with Gasteiger partial charge in [0.25, 0.3) is 0 Å². The lowest BCUT2D eigenvalue weighted by Gasteiger charge is -2.26. The van der Waals surface area contributed by atoms with Crippen LogP contribution in [-0.4, -0.2) is 6.21 Å². The minimum absolute atomic E-state index is 0.980. The lowest BCUT2D eigenvalue weighted by Crippen LogP contribution is -2.21. The van der Waals surface area contributed by atoms with Gasteiger partial charge in [0.15, 0.2) is 0 Å². The summed E-state index contributed by atoms with van der Waals surface area (Å²) in [4.78, 5) is 4.64. The number of allylic oxidation sites excluding steroid dienone is 7. The Morgan fingerprint density at radius 3 is 2.78 bits per heavy atom. The fraction of sp³-hybridized carbons (Fsp3) is 0.190. The second-order valence-corrected chi connectivity index (χ2v) is 6.11. The number of dihydropyridines is 1. The van der Waals surface area contributed by atoms with E-state index in [0.717, 1.165) is 11.3 Å². The zero-order valence-corrected chi connectivity index (χ0v) is 13.1. The third-order valence-corrected chi connectivity index (χ3v) is 4.43. The van der Waals surface area contributed by atoms with Gasteiger partial charge in [-0.3, -0.25) is 4.99 Å². The maximum absolute atomic E-state index is 4.64. The van der Waals surface area contributed by atoms with Crippen molar-refractivity contribution < 1.29 is 0 Å². The number of nitrogens with zero attached hydrogens (tertiary/aromatic N) is 1. The summed E-state index contributed by atoms with van der Waals surface area (Å²) in [5.74, 6) is 0. The van der Waals surface area contributed by atoms with Crippen molar-refractivity contribution in [2.45, 2.75) is 25.7 Å². The van der Waals surface area contributed by atoms with Gasteiger partial charge in [-0.2, -0.15) is 0 Å². The van der Waals surface area contributed by atoms with Crippen LogP contribution in [0.15, 0.2) is 93.9 Å². The summed E-state index contributed by atoms with van der Waals surface area (Å²) in [7, 11) is 0. The molecule has 1 aromatic carbocycles. The maximum Gasteiger partial charge on any atom is 0.0636 e. The molecule has 1 aliphatic heterocycles. The van der Waals surface area contributed by atoms with Crippen LogP contribution in [0.4, 0.5) is 0 Å². The van der Waals surface area contributed by atoms with Gasteiger partial charge in [-0.05, 0) is 61.1 Å². The molecule has 1 aromatic rings. The van der Waals surface area contributed by atoms with E-state index in [9.17, 15) is 0 Å². The molecule has 1 heterocycles. The zero-order valence-electron chi connectivity index (χ0n) is 13.1. The predicted molar refractivity (Wildman–Crippen MR) is 96.1 cm³/mol. The largest absolute Gasteiger partial charge is 0.358 e. The molecule has 0 saturated heterocycles. The Balaban J connectivity index is 1.63. The number of nitrogens with one attached hydrogen (secondary N) is 1. The van der Waals surface area contributed by atoms with Gasteiger partial charge in [0.1, 0.15) is 0 Å². The van der Waals surface area contributed by atoms with Crippen molar-refractivity contribution >= 4 is 6.21 Å². The van der Waals surface area contributed by atoms with Crippen molar-refractivity contribution in [3.05, 3.63) is 94.5 Å². The Hall–Kier alpha value is -2.61. The second kappa shape index (κ2) is 6.25. The van der Waals surface area contributed by atoms with Crippen molar-refractivity contribution in [1.82, 2.24) is 5.32 Å². The van der Waals surface area contributed by atoms with E-state index < -0.39 is 0 Å². The van der Waals surface area contributed by atoms with Crippen molar-refractivity contribution in [3.8, 4) is 0 Å². The summed E-state index contributed by atoms with van der Waals surface area (Å²) >= 11 is 0. The van der Waals surface area contributed by atoms with Crippen molar-refractivity contribution in [2.24, 2.45) is 4.99 Å². The van der Waals surface area contributed by atoms with E-state index in [1.807, 2.05) is 24.4 Å². The van der Waals surface area contributed by atoms with Gasteiger partial charge in [0, 0.05) is 23.2 Å². The van der Waals surface area contributed by atoms with E-state index in [-0.39, 0.29) is 0 Å². The average Bonchev–Trinajstić information content (AvgIpc) is 2.80. The lowest BCUT2D eigenvalue weighted by molar-refractivity contribution is 0.644. The number of rotatable bonds is 2. The van der Waals surface area contributed by atoms with Crippen LogP contribution in [0.3, 0.4) is 0 Å². The molecule has 0 fully saturated rings. The first kappa shape index (κ1) is 14.0. The van der Waals surface area contributed by atoms with Crippen LogP contribution >= 0.6 is 0 Å². The van der Waals surface area contributed by atoms with Gasteiger partial charge in [-0.15, -0.1) is 0 Å². The molecule has 23 heavy (non-hydrogen) atoms. The van der Waals surface area contributed by atoms with Crippen LogP contribution < -0.4 is 5.32 Å². The second-order valence-electron chi connectivity index (χ2n) is 6.11. The SMILES string of the molecule is C1=CC(N=Cc2ccccc2)=CC2=CC3=C(CCCC3)NC2=C1. The Bertz CT molecular complexity index is 786. The topological polar surface area (TPSA) is 24.4 Å². The highest BCUT2D eigenvalue weighted by atomic mass is 14.9. The summed E-state index contributed by atoms with van der Waals surface area (Å²) < 4.78 is 0. The van der Waals surface area contributed by atoms with E-state index in [1.54, 1.807) is 0 Å². The van der Waals surface area contributed by atoms with Crippen LogP contribution in [0.25, 0.3) is 0 Å². The van der Waals surface area contributed by atoms with Crippen molar-refractivity contribution in [3.63, 3.8) is 0 Å². The average molecular weight is 300 g/mol. The molecule has 0 saturated carbocycles. The molecule has 0 unspecified atom stereocenters. The molecule has 0 radical (unpaired) electrons. The Kier molecular flexibility index (Phi) is 3.81. The molecule has 0 spiro atoms. The smallest absolute Gasteiger partial charge is 0.0636 e. The molecule has 2 aliphatic carbocycles. The minimum Gasteiger partial charge on any atom is -0.358 e. The van der Waals surface area contributed by atoms with Crippen LogP contribution in [0.1, 0.15) is 31.2 Å². The third kappa shape index (κ3) is 3.11. The van der Waals surface area contributed by atoms with E-state index in [1.165, 1.54) is 48.2 Å². The zero-order chi connectivity index (χ0) is 15.5. The summed E-state index contributed by atoms with van der Waals surface area (Å²) in [5.41, 5.74) is 7.39. The Labute approximate surface area is 137 Å². The molecule has 3 aliphatic rings. The minimum atomic E-state index is 0.980. The summed E-state index contributed by atoms with van der Waals surface area (Å²) in [6, 6.07) is 10.2. The van der Waals surface area contributed by atoms with Gasteiger partial charge < -0.3 is 5.32 Å². The molecule has 114 valence electrons. The molecule has 0 bridgehead atoms. The van der Waals surface area contributed by atoms with Gasteiger partial charge in [-0.25, -0.2) is 0 Å². The number of fused-ring (bicyclic) bond motifs is 1. The fourth-order valence-electron chi connectivity index (χ4n) is 3.21. The quantitative estimate of drug-likeness (QED) is 0.779. The number of hydrogen-bond donors (Lipinski definition) is 1. The highest BCUT2D eigenvalue weighted by Crippen LogP contribution is 2.32. The molecule has 0 aromatic heterocycles. The number of hydrogen-bond acceptors (Lipinski definition) is 2. The summed E-state index contributed by atoms with van der Waals surface area (Å²) in [6.45, 7) is 0. The normalized spacial score (nSPS) is 20.1. The lowest BCUT2D eigenvalue weighted by atomic mass is 9.90. The standard InChI is InChI=1S/C21H20N2/c1-2-7-16(8-3-1)15-22-19-10-6-12-21-18(14-19)13-17-9-4-5-11-20(17)23-21/h1-3,6-8,10,12-15,23H,4-5,9,11H2. The van der Waals surface area contributed by atoms with Crippen molar-refractivity contribution in [1.29, 1.82) is 0 Å². The van der Waals surface area contributed by atoms with Gasteiger partial charge in [0.05, 0.1) is 5.70 Å². The first-order valence-electron chi connectivity index (χ1n) is 8.29. The summed E-state index contributed by atoms with van der Waals surface area (Å²) in [6.07, 6.45) is 17.6. The number of aliphatic imine (C=N–C) groups is 1. The van der Waals surface area contributed by atoms with E-state index in [0.29, 0.717) is 0 Å². The fourth-order valence-corrected chi connectivity index (χ4v) is 3.21. The van der Waals surface area contributed by atoms with Crippen LogP contribution in [0.5, 0.6) is 0 Å². The Morgan fingerprint density at radius 1 is 1.00 bits per heavy atom. The molecule has 0 atom stereocenters. The van der Waals surface area contributed by atoms with E-state index in [4.69, 9.17) is 0 Å². The van der Waals surface area contributed by atoms with Crippen molar-refractivity contribution in [2.75, 3.05) is 0 Å². The first-order valence-corrected chi connectivity index (χ1v) is 8.29.